The largest absolute Gasteiger partial charge is 0.480 e. The van der Waals surface area contributed by atoms with Crippen LogP contribution in [0.25, 0.3) is 0 Å². The number of ether oxygens (including phenoxy) is 1. The van der Waals surface area contributed by atoms with E-state index in [1.54, 1.807) is 13.8 Å². The average molecular weight is 288 g/mol. The van der Waals surface area contributed by atoms with E-state index in [-0.39, 0.29) is 0 Å². The molecule has 4 nitrogen and oxygen atoms in total. The topological polar surface area (TPSA) is 63.6 Å². The first kappa shape index (κ1) is 12.3. The molecule has 1 heterocycles. The number of halogens is 3. The number of fused-ring (bicyclic) bond motifs is 1. The van der Waals surface area contributed by atoms with Crippen LogP contribution in [0.4, 0.5) is 0 Å². The molecule has 2 fully saturated rings. The Morgan fingerprint density at radius 1 is 1.44 bits per heavy atom. The van der Waals surface area contributed by atoms with Crippen molar-refractivity contribution >= 4 is 46.7 Å². The summed E-state index contributed by atoms with van der Waals surface area (Å²) in [7, 11) is 0. The van der Waals surface area contributed by atoms with E-state index in [0.717, 1.165) is 0 Å². The van der Waals surface area contributed by atoms with E-state index in [1.165, 1.54) is 0 Å². The quantitative estimate of drug-likeness (QED) is 0.455. The molecule has 1 saturated heterocycles. The molecule has 7 heteroatoms. The number of alkyl halides is 3. The molecule has 0 radical (unpaired) electrons. The van der Waals surface area contributed by atoms with Crippen molar-refractivity contribution in [3.05, 3.63) is 0 Å². The molecule has 16 heavy (non-hydrogen) atoms. The SMILES string of the molecule is CC1(C)[C@H]2[C@H](C(Cl)(Cl)Cl)OC(=O)[C@]21C(=O)O. The van der Waals surface area contributed by atoms with E-state index in [0.29, 0.717) is 0 Å². The summed E-state index contributed by atoms with van der Waals surface area (Å²) in [6.45, 7) is 3.32. The van der Waals surface area contributed by atoms with Crippen LogP contribution in [-0.4, -0.2) is 26.9 Å². The predicted octanol–water partition coefficient (Wildman–Crippen LogP) is 2.01. The van der Waals surface area contributed by atoms with E-state index in [2.05, 4.69) is 0 Å². The van der Waals surface area contributed by atoms with Crippen LogP contribution in [0, 0.1) is 16.7 Å². The van der Waals surface area contributed by atoms with Crippen molar-refractivity contribution in [3.8, 4) is 0 Å². The fourth-order valence-corrected chi connectivity index (χ4v) is 3.34. The number of carboxylic acid groups (broad SMARTS) is 1. The summed E-state index contributed by atoms with van der Waals surface area (Å²) in [5, 5.41) is 9.17. The van der Waals surface area contributed by atoms with Crippen LogP contribution in [0.15, 0.2) is 0 Å². The number of aliphatic carboxylic acids is 1. The first-order valence-corrected chi connectivity index (χ1v) is 5.72. The molecule has 0 unspecified atom stereocenters. The minimum absolute atomic E-state index is 0.600. The molecule has 1 saturated carbocycles. The third kappa shape index (κ3) is 1.13. The van der Waals surface area contributed by atoms with Crippen LogP contribution in [0.3, 0.4) is 0 Å². The maximum atomic E-state index is 11.7. The molecule has 0 spiro atoms. The van der Waals surface area contributed by atoms with Gasteiger partial charge in [-0.05, 0) is 0 Å². The third-order valence-corrected chi connectivity index (χ3v) is 4.34. The number of hydrogen-bond acceptors (Lipinski definition) is 3. The summed E-state index contributed by atoms with van der Waals surface area (Å²) in [5.41, 5.74) is -2.30. The Morgan fingerprint density at radius 3 is 2.19 bits per heavy atom. The number of cyclic esters (lactones) is 1. The van der Waals surface area contributed by atoms with Crippen LogP contribution >= 0.6 is 34.8 Å². The summed E-state index contributed by atoms with van der Waals surface area (Å²) in [6.07, 6.45) is -1.00. The molecule has 1 aliphatic carbocycles. The zero-order valence-electron chi connectivity index (χ0n) is 8.46. The zero-order valence-corrected chi connectivity index (χ0v) is 10.7. The summed E-state index contributed by atoms with van der Waals surface area (Å²) in [6, 6.07) is 0. The van der Waals surface area contributed by atoms with Gasteiger partial charge in [-0.1, -0.05) is 48.7 Å². The molecule has 0 amide bonds. The predicted molar refractivity (Wildman–Crippen MR) is 57.5 cm³/mol. The van der Waals surface area contributed by atoms with Gasteiger partial charge in [0.05, 0.1) is 0 Å². The van der Waals surface area contributed by atoms with Gasteiger partial charge in [0.1, 0.15) is 0 Å². The van der Waals surface area contributed by atoms with Crippen molar-refractivity contribution in [1.29, 1.82) is 0 Å². The monoisotopic (exact) mass is 286 g/mol. The lowest BCUT2D eigenvalue weighted by atomic mass is 9.96. The number of carbonyl (C=O) groups is 2. The highest BCUT2D eigenvalue weighted by atomic mass is 35.6. The lowest BCUT2D eigenvalue weighted by molar-refractivity contribution is -0.160. The molecule has 90 valence electrons. The third-order valence-electron chi connectivity index (χ3n) is 3.70. The summed E-state index contributed by atoms with van der Waals surface area (Å²) in [4.78, 5) is 22.9. The van der Waals surface area contributed by atoms with Crippen LogP contribution in [0.1, 0.15) is 13.8 Å². The first-order chi connectivity index (χ1) is 7.08. The number of carboxylic acids is 1. The number of carbonyl (C=O) groups excluding carboxylic acids is 1. The normalized spacial score (nSPS) is 40.2. The Bertz CT molecular complexity index is 387. The highest BCUT2D eigenvalue weighted by Crippen LogP contribution is 2.76. The fraction of sp³-hybridized carbons (Fsp3) is 0.778. The minimum atomic E-state index is -1.80. The van der Waals surface area contributed by atoms with Gasteiger partial charge in [0.15, 0.2) is 11.5 Å². The van der Waals surface area contributed by atoms with Gasteiger partial charge in [-0.25, -0.2) is 0 Å². The molecule has 1 N–H and O–H groups in total. The molecular formula is C9H9Cl3O4. The van der Waals surface area contributed by atoms with Crippen molar-refractivity contribution in [2.24, 2.45) is 16.7 Å². The standard InChI is InChI=1S/C9H9Cl3O4/c1-7(2)3-4(9(10,11)12)16-6(15)8(3,7)5(13)14/h3-4H,1-2H3,(H,13,14)/t3-,4-,8-/m1/s1. The van der Waals surface area contributed by atoms with Gasteiger partial charge in [-0.15, -0.1) is 0 Å². The molecular weight excluding hydrogens is 278 g/mol. The molecule has 0 bridgehead atoms. The van der Waals surface area contributed by atoms with Crippen molar-refractivity contribution in [3.63, 3.8) is 0 Å². The van der Waals surface area contributed by atoms with Crippen molar-refractivity contribution in [1.82, 2.24) is 0 Å². The van der Waals surface area contributed by atoms with Crippen LogP contribution in [0.5, 0.6) is 0 Å². The molecule has 0 aromatic rings. The first-order valence-electron chi connectivity index (χ1n) is 4.59. The number of rotatable bonds is 1. The van der Waals surface area contributed by atoms with E-state index < -0.39 is 38.6 Å². The zero-order chi connectivity index (χ0) is 12.5. The van der Waals surface area contributed by atoms with Crippen LogP contribution < -0.4 is 0 Å². The van der Waals surface area contributed by atoms with Gasteiger partial charge in [0, 0.05) is 11.3 Å². The maximum Gasteiger partial charge on any atom is 0.324 e. The van der Waals surface area contributed by atoms with Gasteiger partial charge in [-0.2, -0.15) is 0 Å². The van der Waals surface area contributed by atoms with Gasteiger partial charge in [0.25, 0.3) is 0 Å². The van der Waals surface area contributed by atoms with Crippen molar-refractivity contribution in [2.45, 2.75) is 23.7 Å². The molecule has 0 aromatic carbocycles. The van der Waals surface area contributed by atoms with Crippen molar-refractivity contribution < 1.29 is 19.4 Å². The lowest BCUT2D eigenvalue weighted by Gasteiger charge is -2.24. The fourth-order valence-electron chi connectivity index (χ4n) is 2.83. The van der Waals surface area contributed by atoms with E-state index in [4.69, 9.17) is 39.5 Å². The highest BCUT2D eigenvalue weighted by Gasteiger charge is 2.89. The second-order valence-electron chi connectivity index (χ2n) is 4.68. The van der Waals surface area contributed by atoms with E-state index >= 15 is 0 Å². The highest BCUT2D eigenvalue weighted by molar-refractivity contribution is 6.68. The van der Waals surface area contributed by atoms with E-state index in [1.807, 2.05) is 0 Å². The van der Waals surface area contributed by atoms with Crippen molar-refractivity contribution in [2.75, 3.05) is 0 Å². The Morgan fingerprint density at radius 2 is 1.94 bits per heavy atom. The van der Waals surface area contributed by atoms with Gasteiger partial charge >= 0.3 is 11.9 Å². The molecule has 2 aliphatic rings. The Kier molecular flexibility index (Phi) is 2.28. The van der Waals surface area contributed by atoms with Gasteiger partial charge in [-0.3, -0.25) is 9.59 Å². The molecule has 0 aromatic heterocycles. The molecule has 1 aliphatic heterocycles. The summed E-state index contributed by atoms with van der Waals surface area (Å²) >= 11 is 17.0. The second kappa shape index (κ2) is 2.98. The second-order valence-corrected chi connectivity index (χ2v) is 7.05. The smallest absolute Gasteiger partial charge is 0.324 e. The maximum absolute atomic E-state index is 11.7. The van der Waals surface area contributed by atoms with E-state index in [9.17, 15) is 14.7 Å². The molecule has 3 atom stereocenters. The Labute approximate surface area is 107 Å². The van der Waals surface area contributed by atoms with Gasteiger partial charge in [0.2, 0.25) is 3.79 Å². The Hall–Kier alpha value is -0.190. The van der Waals surface area contributed by atoms with Crippen LogP contribution in [-0.2, 0) is 14.3 Å². The Balaban J connectivity index is 2.45. The van der Waals surface area contributed by atoms with Crippen LogP contribution in [0.2, 0.25) is 0 Å². The average Bonchev–Trinajstić information content (AvgIpc) is 2.44. The lowest BCUT2D eigenvalue weighted by Crippen LogP contribution is -2.34. The summed E-state index contributed by atoms with van der Waals surface area (Å²) in [5.74, 6) is -2.63. The number of hydrogen-bond donors (Lipinski definition) is 1. The van der Waals surface area contributed by atoms with Gasteiger partial charge < -0.3 is 9.84 Å². The minimum Gasteiger partial charge on any atom is -0.480 e. The number of esters is 1. The summed E-state index contributed by atoms with van der Waals surface area (Å²) < 4.78 is 3.07. The molecule has 2 rings (SSSR count).